The van der Waals surface area contributed by atoms with Crippen LogP contribution < -0.4 is 26.2 Å². The van der Waals surface area contributed by atoms with Gasteiger partial charge in [0.05, 0.1) is 33.8 Å². The maximum Gasteiger partial charge on any atom is 0.257 e. The molecule has 0 fully saturated rings. The van der Waals surface area contributed by atoms with E-state index in [2.05, 4.69) is 26.3 Å². The monoisotopic (exact) mass is 676 g/mol. The Morgan fingerprint density at radius 1 is 0.843 bits per heavy atom. The number of benzene rings is 4. The van der Waals surface area contributed by atoms with E-state index in [1.807, 2.05) is 98.9 Å². The smallest absolute Gasteiger partial charge is 0.257 e. The van der Waals surface area contributed by atoms with Crippen LogP contribution in [0.1, 0.15) is 37.0 Å². The van der Waals surface area contributed by atoms with Crippen molar-refractivity contribution >= 4 is 57.1 Å². The van der Waals surface area contributed by atoms with Crippen LogP contribution in [0.25, 0.3) is 33.2 Å². The van der Waals surface area contributed by atoms with Crippen LogP contribution in [0.4, 0.5) is 28.4 Å². The molecule has 4 heterocycles. The number of hydrogen-bond donors (Lipinski definition) is 4. The number of nitrogens with one attached hydrogen (secondary N) is 4. The van der Waals surface area contributed by atoms with Crippen molar-refractivity contribution in [3.05, 3.63) is 115 Å². The average molecular weight is 677 g/mol. The van der Waals surface area contributed by atoms with Gasteiger partial charge < -0.3 is 21.3 Å². The molecule has 2 aromatic heterocycles. The van der Waals surface area contributed by atoms with Gasteiger partial charge in [0.15, 0.2) is 0 Å². The molecule has 1 unspecified atom stereocenters. The van der Waals surface area contributed by atoms with E-state index in [9.17, 15) is 14.4 Å². The number of anilines is 5. The zero-order valence-corrected chi connectivity index (χ0v) is 28.2. The standard InChI is InChI=1S/C40H36N8O3/c1-24-17-36(49)45-33-12-4-10-31(38(33)42-24)27-14-15-29-22-47(46-34(29)20-27)23-48-35-13-5-11-32(39(35)43-25(2)18-37(48)50)40(51)44-30-9-3-7-26(19-30)28-8-6-16-41-21-28/h3-16,19-22,24-25,42-43H,17-18,23H2,1-2H3,(H,44,51)(H,45,49)/t24-,25?/m1/s1. The number of amides is 3. The van der Waals surface area contributed by atoms with Crippen LogP contribution in [-0.2, 0) is 16.3 Å². The summed E-state index contributed by atoms with van der Waals surface area (Å²) in [7, 11) is 0. The molecule has 0 saturated heterocycles. The van der Waals surface area contributed by atoms with Gasteiger partial charge in [0.2, 0.25) is 11.8 Å². The zero-order valence-electron chi connectivity index (χ0n) is 28.2. The summed E-state index contributed by atoms with van der Waals surface area (Å²) < 4.78 is 1.76. The Kier molecular flexibility index (Phi) is 8.15. The van der Waals surface area contributed by atoms with E-state index in [-0.39, 0.29) is 42.9 Å². The first-order chi connectivity index (χ1) is 24.8. The third kappa shape index (κ3) is 6.37. The summed E-state index contributed by atoms with van der Waals surface area (Å²) in [6.45, 7) is 4.09. The SMILES string of the molecule is CC1CC(=O)N(Cn2cc3ccc(-c4cccc5c4N[C@H](C)CC(=O)N5)cc3n2)c2cccc(C(=O)Nc3cccc(-c4cccnc4)c3)c2N1. The number of para-hydroxylation sites is 2. The van der Waals surface area contributed by atoms with Crippen molar-refractivity contribution < 1.29 is 14.4 Å². The first-order valence-corrected chi connectivity index (χ1v) is 17.0. The molecule has 4 aromatic carbocycles. The first kappa shape index (κ1) is 31.8. The van der Waals surface area contributed by atoms with Crippen molar-refractivity contribution in [1.82, 2.24) is 14.8 Å². The van der Waals surface area contributed by atoms with Gasteiger partial charge >= 0.3 is 0 Å². The van der Waals surface area contributed by atoms with Crippen LogP contribution in [0, 0.1) is 0 Å². The number of rotatable bonds is 6. The van der Waals surface area contributed by atoms with E-state index in [4.69, 9.17) is 5.10 Å². The van der Waals surface area contributed by atoms with Gasteiger partial charge in [0.1, 0.15) is 6.67 Å². The Hall–Kier alpha value is -6.49. The number of pyridine rings is 1. The van der Waals surface area contributed by atoms with Crippen LogP contribution in [0.5, 0.6) is 0 Å². The van der Waals surface area contributed by atoms with Crippen molar-refractivity contribution in [2.24, 2.45) is 0 Å². The van der Waals surface area contributed by atoms with Crippen LogP contribution >= 0.6 is 0 Å². The summed E-state index contributed by atoms with van der Waals surface area (Å²) >= 11 is 0. The molecule has 11 nitrogen and oxygen atoms in total. The molecule has 8 rings (SSSR count). The molecular formula is C40H36N8O3. The minimum Gasteiger partial charge on any atom is -0.380 e. The predicted molar refractivity (Wildman–Crippen MR) is 201 cm³/mol. The lowest BCUT2D eigenvalue weighted by Gasteiger charge is -2.23. The van der Waals surface area contributed by atoms with Gasteiger partial charge in [0, 0.05) is 65.7 Å². The minimum absolute atomic E-state index is 0.0169. The molecule has 0 radical (unpaired) electrons. The summed E-state index contributed by atoms with van der Waals surface area (Å²) in [6.07, 6.45) is 6.06. The van der Waals surface area contributed by atoms with Gasteiger partial charge in [-0.05, 0) is 67.4 Å². The van der Waals surface area contributed by atoms with E-state index in [1.165, 1.54) is 0 Å². The molecule has 2 atom stereocenters. The second-order valence-electron chi connectivity index (χ2n) is 13.2. The van der Waals surface area contributed by atoms with Crippen molar-refractivity contribution in [2.75, 3.05) is 26.2 Å². The molecule has 11 heteroatoms. The molecule has 0 spiro atoms. The fraction of sp³-hybridized carbons (Fsp3) is 0.175. The van der Waals surface area contributed by atoms with Gasteiger partial charge in [-0.15, -0.1) is 0 Å². The molecule has 254 valence electrons. The van der Waals surface area contributed by atoms with E-state index in [0.717, 1.165) is 44.5 Å². The Bertz CT molecular complexity index is 2320. The highest BCUT2D eigenvalue weighted by Crippen LogP contribution is 2.38. The molecule has 6 aromatic rings. The molecule has 2 aliphatic rings. The third-order valence-corrected chi connectivity index (χ3v) is 9.24. The number of hydrogen-bond acceptors (Lipinski definition) is 7. The number of fused-ring (bicyclic) bond motifs is 3. The molecule has 4 N–H and O–H groups in total. The summed E-state index contributed by atoms with van der Waals surface area (Å²) in [5.41, 5.74) is 8.49. The highest BCUT2D eigenvalue weighted by molar-refractivity contribution is 6.12. The lowest BCUT2D eigenvalue weighted by molar-refractivity contribution is -0.119. The Morgan fingerprint density at radius 3 is 2.51 bits per heavy atom. The molecule has 0 aliphatic carbocycles. The van der Waals surface area contributed by atoms with E-state index >= 15 is 0 Å². The molecule has 0 bridgehead atoms. The van der Waals surface area contributed by atoms with Crippen LogP contribution in [0.15, 0.2) is 110 Å². The highest BCUT2D eigenvalue weighted by Gasteiger charge is 2.29. The molecule has 0 saturated carbocycles. The zero-order chi connectivity index (χ0) is 35.1. The Balaban J connectivity index is 1.08. The number of carbonyl (C=O) groups is 3. The topological polar surface area (TPSA) is 133 Å². The van der Waals surface area contributed by atoms with E-state index in [0.29, 0.717) is 29.0 Å². The minimum atomic E-state index is -0.288. The fourth-order valence-corrected chi connectivity index (χ4v) is 6.85. The Morgan fingerprint density at radius 2 is 1.65 bits per heavy atom. The largest absolute Gasteiger partial charge is 0.380 e. The van der Waals surface area contributed by atoms with Crippen molar-refractivity contribution in [1.29, 1.82) is 0 Å². The van der Waals surface area contributed by atoms with E-state index < -0.39 is 0 Å². The maximum atomic E-state index is 13.8. The van der Waals surface area contributed by atoms with Crippen molar-refractivity contribution in [2.45, 2.75) is 45.4 Å². The second-order valence-corrected chi connectivity index (χ2v) is 13.2. The van der Waals surface area contributed by atoms with Crippen LogP contribution in [0.2, 0.25) is 0 Å². The normalized spacial score (nSPS) is 16.9. The first-order valence-electron chi connectivity index (χ1n) is 17.0. The highest BCUT2D eigenvalue weighted by atomic mass is 16.2. The van der Waals surface area contributed by atoms with Crippen LogP contribution in [0.3, 0.4) is 0 Å². The predicted octanol–water partition coefficient (Wildman–Crippen LogP) is 7.36. The third-order valence-electron chi connectivity index (χ3n) is 9.24. The van der Waals surface area contributed by atoms with Crippen molar-refractivity contribution in [3.8, 4) is 22.3 Å². The summed E-state index contributed by atoms with van der Waals surface area (Å²) in [5.74, 6) is -0.387. The van der Waals surface area contributed by atoms with Gasteiger partial charge in [-0.1, -0.05) is 48.5 Å². The quantitative estimate of drug-likeness (QED) is 0.145. The lowest BCUT2D eigenvalue weighted by atomic mass is 10.0. The molecular weight excluding hydrogens is 640 g/mol. The fourth-order valence-electron chi connectivity index (χ4n) is 6.85. The second kappa shape index (κ2) is 13.1. The summed E-state index contributed by atoms with van der Waals surface area (Å²) in [6, 6.07) is 28.6. The maximum absolute atomic E-state index is 13.8. The Labute approximate surface area is 294 Å². The van der Waals surface area contributed by atoms with Gasteiger partial charge in [-0.25, -0.2) is 0 Å². The molecule has 3 amide bonds. The number of aromatic nitrogens is 3. The number of carbonyl (C=O) groups excluding carboxylic acids is 3. The lowest BCUT2D eigenvalue weighted by Crippen LogP contribution is -2.33. The summed E-state index contributed by atoms with van der Waals surface area (Å²) in [4.78, 5) is 45.7. The van der Waals surface area contributed by atoms with E-state index in [1.54, 1.807) is 34.1 Å². The van der Waals surface area contributed by atoms with Gasteiger partial charge in [-0.3, -0.25) is 28.9 Å². The molecule has 51 heavy (non-hydrogen) atoms. The summed E-state index contributed by atoms with van der Waals surface area (Å²) in [5, 5.41) is 18.8. The van der Waals surface area contributed by atoms with Gasteiger partial charge in [0.25, 0.3) is 5.91 Å². The van der Waals surface area contributed by atoms with Crippen molar-refractivity contribution in [3.63, 3.8) is 0 Å². The van der Waals surface area contributed by atoms with Gasteiger partial charge in [-0.2, -0.15) is 5.10 Å². The van der Waals surface area contributed by atoms with Crippen LogP contribution in [-0.4, -0.2) is 44.6 Å². The molecule has 2 aliphatic heterocycles. The number of nitrogens with zero attached hydrogens (tertiary/aromatic N) is 4. The average Bonchev–Trinajstić information content (AvgIpc) is 3.40.